The number of hydrogen-bond donors (Lipinski definition) is 1. The average molecular weight is 331 g/mol. The first kappa shape index (κ1) is 15.7. The molecule has 126 valence electrons. The minimum atomic E-state index is -0.272. The van der Waals surface area contributed by atoms with Crippen molar-refractivity contribution in [1.29, 1.82) is 0 Å². The molecule has 3 aromatic rings. The highest BCUT2D eigenvalue weighted by molar-refractivity contribution is 5.93. The number of hydrogen-bond acceptors (Lipinski definition) is 3. The van der Waals surface area contributed by atoms with Gasteiger partial charge < -0.3 is 10.5 Å². The van der Waals surface area contributed by atoms with E-state index in [2.05, 4.69) is 30.3 Å². The van der Waals surface area contributed by atoms with Crippen molar-refractivity contribution in [2.75, 3.05) is 5.73 Å². The lowest BCUT2D eigenvalue weighted by molar-refractivity contribution is -0.147. The Morgan fingerprint density at radius 3 is 2.52 bits per heavy atom. The van der Waals surface area contributed by atoms with Crippen LogP contribution in [0.5, 0.6) is 0 Å². The number of nitrogens with two attached hydrogens (primary N) is 1. The normalized spacial score (nSPS) is 13.8. The van der Waals surface area contributed by atoms with Crippen molar-refractivity contribution in [1.82, 2.24) is 0 Å². The molecule has 0 aliphatic heterocycles. The van der Waals surface area contributed by atoms with E-state index in [9.17, 15) is 4.79 Å². The SMILES string of the molecule is C[C@H](OC(=O)Cc1ccc(N)cc1)c1ccc2c3c(cccc13)CC2. The summed E-state index contributed by atoms with van der Waals surface area (Å²) in [5.41, 5.74) is 11.2. The van der Waals surface area contributed by atoms with Crippen molar-refractivity contribution >= 4 is 22.4 Å². The van der Waals surface area contributed by atoms with Gasteiger partial charge in [0.1, 0.15) is 6.10 Å². The van der Waals surface area contributed by atoms with Crippen LogP contribution >= 0.6 is 0 Å². The molecule has 1 aliphatic carbocycles. The summed E-state index contributed by atoms with van der Waals surface area (Å²) in [5.74, 6) is -0.222. The topological polar surface area (TPSA) is 52.3 Å². The Labute approximate surface area is 147 Å². The molecule has 3 aromatic carbocycles. The average Bonchev–Trinajstić information content (AvgIpc) is 3.02. The predicted molar refractivity (Wildman–Crippen MR) is 100 cm³/mol. The van der Waals surface area contributed by atoms with E-state index < -0.39 is 0 Å². The number of ether oxygens (including phenoxy) is 1. The molecule has 1 aliphatic rings. The smallest absolute Gasteiger partial charge is 0.310 e. The third-order valence-corrected chi connectivity index (χ3v) is 4.98. The molecule has 25 heavy (non-hydrogen) atoms. The van der Waals surface area contributed by atoms with E-state index >= 15 is 0 Å². The number of esters is 1. The number of benzene rings is 3. The van der Waals surface area contributed by atoms with Crippen LogP contribution in [0.3, 0.4) is 0 Å². The van der Waals surface area contributed by atoms with Crippen LogP contribution < -0.4 is 5.73 Å². The molecule has 0 fully saturated rings. The second-order valence-corrected chi connectivity index (χ2v) is 6.70. The van der Waals surface area contributed by atoms with Crippen LogP contribution in [0.25, 0.3) is 10.8 Å². The zero-order valence-corrected chi connectivity index (χ0v) is 14.3. The summed E-state index contributed by atoms with van der Waals surface area (Å²) in [6.07, 6.45) is 2.18. The second kappa shape index (κ2) is 6.25. The number of anilines is 1. The van der Waals surface area contributed by atoms with Crippen LogP contribution in [0.2, 0.25) is 0 Å². The first-order valence-electron chi connectivity index (χ1n) is 8.69. The molecule has 0 heterocycles. The molecule has 4 rings (SSSR count). The molecular formula is C22H21NO2. The molecule has 2 N–H and O–H groups in total. The van der Waals surface area contributed by atoms with Crippen LogP contribution in [0.15, 0.2) is 54.6 Å². The molecule has 3 heteroatoms. The Morgan fingerprint density at radius 2 is 1.76 bits per heavy atom. The van der Waals surface area contributed by atoms with Crippen LogP contribution in [-0.2, 0) is 28.8 Å². The van der Waals surface area contributed by atoms with Gasteiger partial charge in [0.15, 0.2) is 0 Å². The Kier molecular flexibility index (Phi) is 3.92. The van der Waals surface area contributed by atoms with Crippen LogP contribution in [0.4, 0.5) is 5.69 Å². The van der Waals surface area contributed by atoms with Crippen molar-refractivity contribution in [3.05, 3.63) is 76.9 Å². The molecular weight excluding hydrogens is 310 g/mol. The second-order valence-electron chi connectivity index (χ2n) is 6.70. The molecule has 1 atom stereocenters. The summed E-state index contributed by atoms with van der Waals surface area (Å²) < 4.78 is 5.71. The first-order chi connectivity index (χ1) is 12.1. The Hall–Kier alpha value is -2.81. The number of carbonyl (C=O) groups excluding carboxylic acids is 1. The first-order valence-corrected chi connectivity index (χ1v) is 8.69. The lowest BCUT2D eigenvalue weighted by Gasteiger charge is -2.17. The highest BCUT2D eigenvalue weighted by Crippen LogP contribution is 2.35. The number of aryl methyl sites for hydroxylation is 2. The summed E-state index contributed by atoms with van der Waals surface area (Å²) >= 11 is 0. The van der Waals surface area contributed by atoms with E-state index in [1.165, 1.54) is 21.9 Å². The van der Waals surface area contributed by atoms with Crippen molar-refractivity contribution < 1.29 is 9.53 Å². The van der Waals surface area contributed by atoms with Gasteiger partial charge in [0.2, 0.25) is 0 Å². The van der Waals surface area contributed by atoms with Gasteiger partial charge in [-0.1, -0.05) is 42.5 Å². The minimum Gasteiger partial charge on any atom is -0.458 e. The molecule has 0 amide bonds. The fourth-order valence-electron chi connectivity index (χ4n) is 3.73. The molecule has 0 radical (unpaired) electrons. The summed E-state index contributed by atoms with van der Waals surface area (Å²) in [7, 11) is 0. The molecule has 0 aromatic heterocycles. The number of rotatable bonds is 4. The zero-order valence-electron chi connectivity index (χ0n) is 14.3. The van der Waals surface area contributed by atoms with Crippen molar-refractivity contribution in [2.24, 2.45) is 0 Å². The quantitative estimate of drug-likeness (QED) is 0.570. The lowest BCUT2D eigenvalue weighted by atomic mass is 9.97. The summed E-state index contributed by atoms with van der Waals surface area (Å²) in [5, 5.41) is 2.56. The van der Waals surface area contributed by atoms with E-state index in [0.29, 0.717) is 5.69 Å². The standard InChI is InChI=1S/C22H21NO2/c1-14(25-21(24)13-15-5-10-18(23)11-6-15)19-12-9-17-8-7-16-3-2-4-20(19)22(16)17/h2-6,9-12,14H,7-8,13,23H2,1H3/t14-/m0/s1. The number of nitrogen functional groups attached to an aromatic ring is 1. The predicted octanol–water partition coefficient (Wildman–Crippen LogP) is 4.37. The van der Waals surface area contributed by atoms with Crippen molar-refractivity contribution in [2.45, 2.75) is 32.3 Å². The highest BCUT2D eigenvalue weighted by atomic mass is 16.5. The van der Waals surface area contributed by atoms with Gasteiger partial charge in [-0.3, -0.25) is 4.79 Å². The molecule has 0 spiro atoms. The minimum absolute atomic E-state index is 0.222. The van der Waals surface area contributed by atoms with Crippen molar-refractivity contribution in [3.63, 3.8) is 0 Å². The van der Waals surface area contributed by atoms with Gasteiger partial charge in [0, 0.05) is 11.3 Å². The zero-order chi connectivity index (χ0) is 17.4. The fraction of sp³-hybridized carbons (Fsp3) is 0.227. The van der Waals surface area contributed by atoms with Gasteiger partial charge in [-0.05, 0) is 59.4 Å². The summed E-state index contributed by atoms with van der Waals surface area (Å²) in [6, 6.07) is 18.0. The van der Waals surface area contributed by atoms with Gasteiger partial charge >= 0.3 is 5.97 Å². The molecule has 0 bridgehead atoms. The van der Waals surface area contributed by atoms with E-state index in [1.807, 2.05) is 19.1 Å². The number of carbonyl (C=O) groups is 1. The summed E-state index contributed by atoms with van der Waals surface area (Å²) in [4.78, 5) is 12.3. The van der Waals surface area contributed by atoms with Crippen LogP contribution in [0, 0.1) is 0 Å². The van der Waals surface area contributed by atoms with Crippen molar-refractivity contribution in [3.8, 4) is 0 Å². The van der Waals surface area contributed by atoms with Crippen LogP contribution in [0.1, 0.15) is 35.3 Å². The maximum atomic E-state index is 12.3. The Bertz CT molecular complexity index is 934. The van der Waals surface area contributed by atoms with Gasteiger partial charge in [-0.25, -0.2) is 0 Å². The van der Waals surface area contributed by atoms with Gasteiger partial charge in [0.05, 0.1) is 6.42 Å². The largest absolute Gasteiger partial charge is 0.458 e. The van der Waals surface area contributed by atoms with Gasteiger partial charge in [-0.15, -0.1) is 0 Å². The maximum absolute atomic E-state index is 12.3. The van der Waals surface area contributed by atoms with E-state index in [4.69, 9.17) is 10.5 Å². The van der Waals surface area contributed by atoms with Gasteiger partial charge in [-0.2, -0.15) is 0 Å². The molecule has 3 nitrogen and oxygen atoms in total. The monoisotopic (exact) mass is 331 g/mol. The third-order valence-electron chi connectivity index (χ3n) is 4.98. The third kappa shape index (κ3) is 2.98. The maximum Gasteiger partial charge on any atom is 0.310 e. The van der Waals surface area contributed by atoms with Gasteiger partial charge in [0.25, 0.3) is 0 Å². The Balaban J connectivity index is 1.55. The van der Waals surface area contributed by atoms with E-state index in [0.717, 1.165) is 24.0 Å². The highest BCUT2D eigenvalue weighted by Gasteiger charge is 2.20. The fourth-order valence-corrected chi connectivity index (χ4v) is 3.73. The molecule has 0 saturated carbocycles. The molecule has 0 saturated heterocycles. The van der Waals surface area contributed by atoms with Crippen LogP contribution in [-0.4, -0.2) is 5.97 Å². The van der Waals surface area contributed by atoms with E-state index in [-0.39, 0.29) is 18.5 Å². The van der Waals surface area contributed by atoms with E-state index in [1.54, 1.807) is 12.1 Å². The molecule has 0 unspecified atom stereocenters. The Morgan fingerprint density at radius 1 is 1.04 bits per heavy atom. The summed E-state index contributed by atoms with van der Waals surface area (Å²) in [6.45, 7) is 1.94. The lowest BCUT2D eigenvalue weighted by Crippen LogP contribution is -2.12.